The summed E-state index contributed by atoms with van der Waals surface area (Å²) in [6, 6.07) is 2.71. The Balaban J connectivity index is 2.23. The highest BCUT2D eigenvalue weighted by Gasteiger charge is 2.04. The number of alkyl halides is 1. The number of hydrogen-bond acceptors (Lipinski definition) is 2. The van der Waals surface area contributed by atoms with Crippen molar-refractivity contribution >= 4 is 15.9 Å². The topological polar surface area (TPSA) is 29.9 Å². The van der Waals surface area contributed by atoms with E-state index in [0.29, 0.717) is 6.04 Å². The maximum Gasteiger partial charge on any atom is 0.0492 e. The van der Waals surface area contributed by atoms with Gasteiger partial charge >= 0.3 is 0 Å². The van der Waals surface area contributed by atoms with Gasteiger partial charge in [0.1, 0.15) is 0 Å². The van der Waals surface area contributed by atoms with Crippen LogP contribution < -0.4 is 5.32 Å². The van der Waals surface area contributed by atoms with Crippen LogP contribution in [0, 0.1) is 0 Å². The first-order valence-corrected chi connectivity index (χ1v) is 6.66. The molecule has 0 aliphatic rings. The third kappa shape index (κ3) is 4.34. The van der Waals surface area contributed by atoms with Crippen LogP contribution in [0.15, 0.2) is 12.3 Å². The Kier molecular flexibility index (Phi) is 5.95. The molecular formula is C11H20BrN3. The van der Waals surface area contributed by atoms with Crippen LogP contribution in [0.3, 0.4) is 0 Å². The molecule has 0 radical (unpaired) electrons. The van der Waals surface area contributed by atoms with Crippen molar-refractivity contribution in [2.24, 2.45) is 7.05 Å². The summed E-state index contributed by atoms with van der Waals surface area (Å²) < 4.78 is 1.94. The van der Waals surface area contributed by atoms with Gasteiger partial charge in [0, 0.05) is 43.3 Å². The van der Waals surface area contributed by atoms with Crippen molar-refractivity contribution in [2.75, 3.05) is 11.9 Å². The van der Waals surface area contributed by atoms with Crippen molar-refractivity contribution in [3.63, 3.8) is 0 Å². The minimum absolute atomic E-state index is 0.637. The van der Waals surface area contributed by atoms with E-state index in [1.807, 2.05) is 17.9 Å². The summed E-state index contributed by atoms with van der Waals surface area (Å²) in [7, 11) is 1.99. The summed E-state index contributed by atoms with van der Waals surface area (Å²) in [5.41, 5.74) is 1.29. The van der Waals surface area contributed by atoms with Crippen LogP contribution >= 0.6 is 15.9 Å². The molecule has 1 unspecified atom stereocenters. The highest BCUT2D eigenvalue weighted by molar-refractivity contribution is 9.09. The highest BCUT2D eigenvalue weighted by Crippen LogP contribution is 2.01. The summed E-state index contributed by atoms with van der Waals surface area (Å²) in [6.07, 6.45) is 5.29. The van der Waals surface area contributed by atoms with E-state index in [-0.39, 0.29) is 0 Å². The first kappa shape index (κ1) is 12.7. The van der Waals surface area contributed by atoms with E-state index in [1.165, 1.54) is 18.5 Å². The Bertz CT molecular complexity index is 273. The lowest BCUT2D eigenvalue weighted by atomic mass is 10.1. The first-order valence-electron chi connectivity index (χ1n) is 5.54. The zero-order chi connectivity index (χ0) is 11.1. The number of nitrogens with one attached hydrogen (secondary N) is 1. The molecule has 15 heavy (non-hydrogen) atoms. The third-order valence-corrected chi connectivity index (χ3v) is 3.14. The molecule has 1 heterocycles. The second-order valence-corrected chi connectivity index (χ2v) is 4.53. The van der Waals surface area contributed by atoms with Gasteiger partial charge in [-0.2, -0.15) is 5.10 Å². The van der Waals surface area contributed by atoms with Crippen molar-refractivity contribution in [1.82, 2.24) is 15.1 Å². The van der Waals surface area contributed by atoms with Crippen molar-refractivity contribution in [3.8, 4) is 0 Å². The molecule has 1 N–H and O–H groups in total. The lowest BCUT2D eigenvalue weighted by Gasteiger charge is -2.15. The maximum absolute atomic E-state index is 4.15. The quantitative estimate of drug-likeness (QED) is 0.772. The highest BCUT2D eigenvalue weighted by atomic mass is 79.9. The molecule has 0 aromatic carbocycles. The van der Waals surface area contributed by atoms with Crippen molar-refractivity contribution in [3.05, 3.63) is 18.0 Å². The predicted molar refractivity (Wildman–Crippen MR) is 67.4 cm³/mol. The van der Waals surface area contributed by atoms with Gasteiger partial charge in [-0.15, -0.1) is 0 Å². The predicted octanol–water partition coefficient (Wildman–Crippen LogP) is 2.12. The first-order chi connectivity index (χ1) is 7.27. The molecule has 0 saturated heterocycles. The molecule has 0 aliphatic heterocycles. The molecule has 0 fully saturated rings. The Morgan fingerprint density at radius 1 is 1.60 bits per heavy atom. The van der Waals surface area contributed by atoms with E-state index < -0.39 is 0 Å². The third-order valence-electron chi connectivity index (χ3n) is 2.69. The standard InChI is InChI=1S/C11H20BrN3/c1-3-10(4-7-12)13-8-5-11-6-9-14-15(11)2/h6,9-10,13H,3-5,7-8H2,1-2H3. The van der Waals surface area contributed by atoms with Gasteiger partial charge in [0.05, 0.1) is 0 Å². The summed E-state index contributed by atoms with van der Waals surface area (Å²) >= 11 is 3.48. The fourth-order valence-electron chi connectivity index (χ4n) is 1.63. The van der Waals surface area contributed by atoms with Crippen LogP contribution in [-0.4, -0.2) is 27.7 Å². The second-order valence-electron chi connectivity index (χ2n) is 3.73. The molecular weight excluding hydrogens is 254 g/mol. The fourth-order valence-corrected chi connectivity index (χ4v) is 2.19. The van der Waals surface area contributed by atoms with Crippen LogP contribution in [0.5, 0.6) is 0 Å². The summed E-state index contributed by atoms with van der Waals surface area (Å²) in [6.45, 7) is 3.26. The Hall–Kier alpha value is -0.350. The van der Waals surface area contributed by atoms with Gasteiger partial charge in [-0.1, -0.05) is 22.9 Å². The van der Waals surface area contributed by atoms with E-state index in [2.05, 4.69) is 39.3 Å². The fraction of sp³-hybridized carbons (Fsp3) is 0.727. The minimum Gasteiger partial charge on any atom is -0.314 e. The zero-order valence-corrected chi connectivity index (χ0v) is 11.1. The van der Waals surface area contributed by atoms with E-state index in [9.17, 15) is 0 Å². The van der Waals surface area contributed by atoms with Crippen LogP contribution in [0.4, 0.5) is 0 Å². The number of aryl methyl sites for hydroxylation is 1. The summed E-state index contributed by atoms with van der Waals surface area (Å²) in [5.74, 6) is 0. The molecule has 0 spiro atoms. The van der Waals surface area contributed by atoms with Gasteiger partial charge in [-0.3, -0.25) is 4.68 Å². The van der Waals surface area contributed by atoms with Crippen molar-refractivity contribution in [2.45, 2.75) is 32.2 Å². The van der Waals surface area contributed by atoms with E-state index in [1.54, 1.807) is 0 Å². The molecule has 1 aromatic heterocycles. The molecule has 0 amide bonds. The molecule has 1 atom stereocenters. The van der Waals surface area contributed by atoms with Gasteiger partial charge in [0.15, 0.2) is 0 Å². The largest absolute Gasteiger partial charge is 0.314 e. The molecule has 0 bridgehead atoms. The zero-order valence-electron chi connectivity index (χ0n) is 9.54. The van der Waals surface area contributed by atoms with Gasteiger partial charge < -0.3 is 5.32 Å². The minimum atomic E-state index is 0.637. The monoisotopic (exact) mass is 273 g/mol. The number of aromatic nitrogens is 2. The SMILES string of the molecule is CCC(CCBr)NCCc1ccnn1C. The average molecular weight is 274 g/mol. The van der Waals surface area contributed by atoms with Gasteiger partial charge in [-0.25, -0.2) is 0 Å². The molecule has 3 nitrogen and oxygen atoms in total. The van der Waals surface area contributed by atoms with Gasteiger partial charge in [0.2, 0.25) is 0 Å². The van der Waals surface area contributed by atoms with E-state index in [4.69, 9.17) is 0 Å². The molecule has 0 saturated carbocycles. The van der Waals surface area contributed by atoms with Gasteiger partial charge in [0.25, 0.3) is 0 Å². The summed E-state index contributed by atoms with van der Waals surface area (Å²) in [4.78, 5) is 0. The average Bonchev–Trinajstić information content (AvgIpc) is 2.63. The van der Waals surface area contributed by atoms with Crippen LogP contribution in [0.25, 0.3) is 0 Å². The number of halogens is 1. The summed E-state index contributed by atoms with van der Waals surface area (Å²) in [5, 5.41) is 8.79. The lowest BCUT2D eigenvalue weighted by molar-refractivity contribution is 0.487. The second kappa shape index (κ2) is 7.01. The molecule has 86 valence electrons. The Labute approximate surface area is 100 Å². The van der Waals surface area contributed by atoms with Crippen LogP contribution in [0.1, 0.15) is 25.5 Å². The molecule has 4 heteroatoms. The number of nitrogens with zero attached hydrogens (tertiary/aromatic N) is 2. The lowest BCUT2D eigenvalue weighted by Crippen LogP contribution is -2.30. The molecule has 1 aromatic rings. The molecule has 1 rings (SSSR count). The van der Waals surface area contributed by atoms with Crippen LogP contribution in [-0.2, 0) is 13.5 Å². The van der Waals surface area contributed by atoms with Crippen molar-refractivity contribution in [1.29, 1.82) is 0 Å². The molecule has 0 aliphatic carbocycles. The normalized spacial score (nSPS) is 13.0. The van der Waals surface area contributed by atoms with E-state index in [0.717, 1.165) is 18.3 Å². The van der Waals surface area contributed by atoms with Crippen molar-refractivity contribution < 1.29 is 0 Å². The van der Waals surface area contributed by atoms with E-state index >= 15 is 0 Å². The van der Waals surface area contributed by atoms with Gasteiger partial charge in [-0.05, 0) is 18.9 Å². The maximum atomic E-state index is 4.15. The number of rotatable bonds is 7. The Morgan fingerprint density at radius 3 is 2.93 bits per heavy atom. The number of hydrogen-bond donors (Lipinski definition) is 1. The Morgan fingerprint density at radius 2 is 2.40 bits per heavy atom. The smallest absolute Gasteiger partial charge is 0.0492 e. The van der Waals surface area contributed by atoms with Crippen LogP contribution in [0.2, 0.25) is 0 Å².